The average molecular weight is 348 g/mol. The SMILES string of the molecule is COc1ccc(S(=O)(=O)Nc2ccc(C(=O)NC(C)C)cc2)cc1. The van der Waals surface area contributed by atoms with Crippen LogP contribution in [0.4, 0.5) is 5.69 Å². The lowest BCUT2D eigenvalue weighted by Gasteiger charge is -2.11. The van der Waals surface area contributed by atoms with Crippen molar-refractivity contribution in [2.24, 2.45) is 0 Å². The summed E-state index contributed by atoms with van der Waals surface area (Å²) in [7, 11) is -2.18. The van der Waals surface area contributed by atoms with Gasteiger partial charge >= 0.3 is 0 Å². The molecule has 128 valence electrons. The van der Waals surface area contributed by atoms with Crippen LogP contribution in [0.1, 0.15) is 24.2 Å². The van der Waals surface area contributed by atoms with Crippen LogP contribution >= 0.6 is 0 Å². The molecule has 1 amide bonds. The summed E-state index contributed by atoms with van der Waals surface area (Å²) < 4.78 is 32.2. The van der Waals surface area contributed by atoms with Crippen molar-refractivity contribution in [2.45, 2.75) is 24.8 Å². The zero-order valence-electron chi connectivity index (χ0n) is 13.7. The molecule has 0 aliphatic carbocycles. The van der Waals surface area contributed by atoms with Gasteiger partial charge in [0.2, 0.25) is 0 Å². The Morgan fingerprint density at radius 3 is 2.08 bits per heavy atom. The Kier molecular flexibility index (Phi) is 5.46. The molecule has 2 aromatic rings. The van der Waals surface area contributed by atoms with E-state index in [1.54, 1.807) is 36.4 Å². The van der Waals surface area contributed by atoms with Crippen LogP contribution < -0.4 is 14.8 Å². The van der Waals surface area contributed by atoms with Gasteiger partial charge in [0.05, 0.1) is 12.0 Å². The summed E-state index contributed by atoms with van der Waals surface area (Å²) in [6.45, 7) is 3.74. The summed E-state index contributed by atoms with van der Waals surface area (Å²) in [6, 6.07) is 12.4. The van der Waals surface area contributed by atoms with Crippen molar-refractivity contribution in [1.29, 1.82) is 0 Å². The first kappa shape index (κ1) is 17.8. The molecular formula is C17H20N2O4S. The maximum atomic E-state index is 12.3. The standard InChI is InChI=1S/C17H20N2O4S/c1-12(2)18-17(20)13-4-6-14(7-5-13)19-24(21,22)16-10-8-15(23-3)9-11-16/h4-12,19H,1-3H3,(H,18,20). The van der Waals surface area contributed by atoms with Gasteiger partial charge in [-0.1, -0.05) is 0 Å². The Balaban J connectivity index is 2.13. The number of sulfonamides is 1. The first-order valence-electron chi connectivity index (χ1n) is 7.39. The maximum Gasteiger partial charge on any atom is 0.261 e. The number of hydrogen-bond donors (Lipinski definition) is 2. The molecule has 0 aliphatic heterocycles. The van der Waals surface area contributed by atoms with Gasteiger partial charge in [-0.3, -0.25) is 9.52 Å². The molecule has 2 aromatic carbocycles. The molecule has 0 aromatic heterocycles. The van der Waals surface area contributed by atoms with Gasteiger partial charge in [-0.05, 0) is 62.4 Å². The van der Waals surface area contributed by atoms with Crippen molar-refractivity contribution in [3.05, 3.63) is 54.1 Å². The van der Waals surface area contributed by atoms with Crippen molar-refractivity contribution in [3.8, 4) is 5.75 Å². The highest BCUT2D eigenvalue weighted by Gasteiger charge is 2.14. The number of carbonyl (C=O) groups is 1. The van der Waals surface area contributed by atoms with E-state index in [0.29, 0.717) is 17.0 Å². The van der Waals surface area contributed by atoms with Crippen molar-refractivity contribution < 1.29 is 17.9 Å². The van der Waals surface area contributed by atoms with Gasteiger partial charge in [-0.2, -0.15) is 0 Å². The van der Waals surface area contributed by atoms with E-state index in [0.717, 1.165) is 0 Å². The summed E-state index contributed by atoms with van der Waals surface area (Å²) >= 11 is 0. The molecule has 0 saturated carbocycles. The van der Waals surface area contributed by atoms with Gasteiger partial charge in [-0.15, -0.1) is 0 Å². The number of rotatable bonds is 6. The van der Waals surface area contributed by atoms with E-state index in [9.17, 15) is 13.2 Å². The third kappa shape index (κ3) is 4.48. The molecule has 0 heterocycles. The minimum atomic E-state index is -3.70. The van der Waals surface area contributed by atoms with Crippen LogP contribution in [0.15, 0.2) is 53.4 Å². The summed E-state index contributed by atoms with van der Waals surface area (Å²) in [5.74, 6) is 0.379. The second kappa shape index (κ2) is 7.35. The molecule has 0 atom stereocenters. The Labute approximate surface area is 141 Å². The van der Waals surface area contributed by atoms with Gasteiger partial charge in [0.1, 0.15) is 5.75 Å². The zero-order valence-corrected chi connectivity index (χ0v) is 14.6. The molecule has 0 spiro atoms. The predicted molar refractivity (Wildman–Crippen MR) is 92.8 cm³/mol. The third-order valence-corrected chi connectivity index (χ3v) is 4.59. The normalized spacial score (nSPS) is 11.2. The van der Waals surface area contributed by atoms with Crippen LogP contribution in [0.5, 0.6) is 5.75 Å². The van der Waals surface area contributed by atoms with E-state index in [2.05, 4.69) is 10.0 Å². The number of ether oxygens (including phenoxy) is 1. The van der Waals surface area contributed by atoms with Gasteiger partial charge in [-0.25, -0.2) is 8.42 Å². The molecule has 0 saturated heterocycles. The van der Waals surface area contributed by atoms with Crippen molar-refractivity contribution in [3.63, 3.8) is 0 Å². The molecule has 0 unspecified atom stereocenters. The van der Waals surface area contributed by atoms with Crippen LogP contribution in [-0.2, 0) is 10.0 Å². The summed E-state index contributed by atoms with van der Waals surface area (Å²) in [6.07, 6.45) is 0. The lowest BCUT2D eigenvalue weighted by atomic mass is 10.2. The summed E-state index contributed by atoms with van der Waals surface area (Å²) in [5.41, 5.74) is 0.850. The maximum absolute atomic E-state index is 12.3. The van der Waals surface area contributed by atoms with Crippen LogP contribution in [0.2, 0.25) is 0 Å². The minimum Gasteiger partial charge on any atom is -0.497 e. The van der Waals surface area contributed by atoms with Crippen LogP contribution in [0.3, 0.4) is 0 Å². The van der Waals surface area contributed by atoms with Crippen LogP contribution in [0, 0.1) is 0 Å². The molecular weight excluding hydrogens is 328 g/mol. The molecule has 7 heteroatoms. The van der Waals surface area contributed by atoms with E-state index in [-0.39, 0.29) is 16.8 Å². The molecule has 0 aliphatic rings. The van der Waals surface area contributed by atoms with E-state index < -0.39 is 10.0 Å². The summed E-state index contributed by atoms with van der Waals surface area (Å²) in [5, 5.41) is 2.77. The highest BCUT2D eigenvalue weighted by Crippen LogP contribution is 2.19. The number of carbonyl (C=O) groups excluding carboxylic acids is 1. The number of anilines is 1. The number of hydrogen-bond acceptors (Lipinski definition) is 4. The number of methoxy groups -OCH3 is 1. The first-order chi connectivity index (χ1) is 11.3. The van der Waals surface area contributed by atoms with Gasteiger partial charge in [0, 0.05) is 17.3 Å². The fourth-order valence-electron chi connectivity index (χ4n) is 2.00. The van der Waals surface area contributed by atoms with Gasteiger partial charge in [0.25, 0.3) is 15.9 Å². The van der Waals surface area contributed by atoms with Crippen molar-refractivity contribution in [2.75, 3.05) is 11.8 Å². The predicted octanol–water partition coefficient (Wildman–Crippen LogP) is 2.63. The lowest BCUT2D eigenvalue weighted by Crippen LogP contribution is -2.30. The molecule has 0 bridgehead atoms. The summed E-state index contributed by atoms with van der Waals surface area (Å²) in [4.78, 5) is 12.0. The number of nitrogens with one attached hydrogen (secondary N) is 2. The third-order valence-electron chi connectivity index (χ3n) is 3.19. The Bertz CT molecular complexity index is 797. The fourth-order valence-corrected chi connectivity index (χ4v) is 3.06. The lowest BCUT2D eigenvalue weighted by molar-refractivity contribution is 0.0943. The van der Waals surface area contributed by atoms with E-state index in [1.807, 2.05) is 13.8 Å². The quantitative estimate of drug-likeness (QED) is 0.840. The topological polar surface area (TPSA) is 84.5 Å². The smallest absolute Gasteiger partial charge is 0.261 e. The van der Waals surface area contributed by atoms with Crippen molar-refractivity contribution in [1.82, 2.24) is 5.32 Å². The highest BCUT2D eigenvalue weighted by molar-refractivity contribution is 7.92. The zero-order chi connectivity index (χ0) is 17.7. The van der Waals surface area contributed by atoms with Crippen molar-refractivity contribution >= 4 is 21.6 Å². The van der Waals surface area contributed by atoms with E-state index in [1.165, 1.54) is 19.2 Å². The highest BCUT2D eigenvalue weighted by atomic mass is 32.2. The monoisotopic (exact) mass is 348 g/mol. The Hall–Kier alpha value is -2.54. The second-order valence-corrected chi connectivity index (χ2v) is 7.17. The van der Waals surface area contributed by atoms with Crippen LogP contribution in [0.25, 0.3) is 0 Å². The molecule has 2 rings (SSSR count). The van der Waals surface area contributed by atoms with E-state index in [4.69, 9.17) is 4.74 Å². The average Bonchev–Trinajstić information content (AvgIpc) is 2.54. The Morgan fingerprint density at radius 1 is 1.00 bits per heavy atom. The molecule has 0 radical (unpaired) electrons. The fraction of sp³-hybridized carbons (Fsp3) is 0.235. The first-order valence-corrected chi connectivity index (χ1v) is 8.88. The molecule has 6 nitrogen and oxygen atoms in total. The minimum absolute atomic E-state index is 0.0331. The van der Waals surface area contributed by atoms with Gasteiger partial charge < -0.3 is 10.1 Å². The number of benzene rings is 2. The number of amides is 1. The molecule has 2 N–H and O–H groups in total. The molecule has 24 heavy (non-hydrogen) atoms. The van der Waals surface area contributed by atoms with Crippen LogP contribution in [-0.4, -0.2) is 27.5 Å². The van der Waals surface area contributed by atoms with Gasteiger partial charge in [0.15, 0.2) is 0 Å². The second-order valence-electron chi connectivity index (χ2n) is 5.49. The largest absolute Gasteiger partial charge is 0.497 e. The van der Waals surface area contributed by atoms with E-state index >= 15 is 0 Å². The molecule has 0 fully saturated rings. The Morgan fingerprint density at radius 2 is 1.58 bits per heavy atom.